The minimum absolute atomic E-state index is 0.352. The van der Waals surface area contributed by atoms with Crippen LogP contribution in [0.2, 0.25) is 0 Å². The first-order valence-electron chi connectivity index (χ1n) is 7.68. The zero-order valence-corrected chi connectivity index (χ0v) is 13.6. The topological polar surface area (TPSA) is 59.3 Å². The van der Waals surface area contributed by atoms with Crippen molar-refractivity contribution in [3.8, 4) is 11.8 Å². The molecule has 0 spiro atoms. The number of esters is 1. The van der Waals surface area contributed by atoms with Crippen LogP contribution in [0.3, 0.4) is 0 Å². The largest absolute Gasteiger partial charge is 0.495 e. The number of allylic oxidation sites excluding steroid dienone is 1. The summed E-state index contributed by atoms with van der Waals surface area (Å²) >= 11 is 0. The lowest BCUT2D eigenvalue weighted by molar-refractivity contribution is 0.0600. The summed E-state index contributed by atoms with van der Waals surface area (Å²) in [4.78, 5) is 11.8. The smallest absolute Gasteiger partial charge is 0.337 e. The van der Waals surface area contributed by atoms with Gasteiger partial charge in [-0.25, -0.2) is 4.79 Å². The molecule has 0 unspecified atom stereocenters. The Kier molecular flexibility index (Phi) is 4.35. The maximum absolute atomic E-state index is 11.8. The third-order valence-corrected chi connectivity index (χ3v) is 4.21. The van der Waals surface area contributed by atoms with Gasteiger partial charge in [-0.3, -0.25) is 0 Å². The molecule has 2 aromatic carbocycles. The molecule has 2 aromatic rings. The van der Waals surface area contributed by atoms with Crippen molar-refractivity contribution in [3.05, 3.63) is 70.3 Å². The highest BCUT2D eigenvalue weighted by molar-refractivity contribution is 5.92. The second-order valence-corrected chi connectivity index (χ2v) is 5.55. The van der Waals surface area contributed by atoms with Crippen molar-refractivity contribution in [3.63, 3.8) is 0 Å². The van der Waals surface area contributed by atoms with Crippen molar-refractivity contribution in [2.24, 2.45) is 0 Å². The third-order valence-electron chi connectivity index (χ3n) is 4.21. The molecule has 1 aliphatic carbocycles. The molecule has 0 saturated heterocycles. The number of benzene rings is 2. The Labute approximate surface area is 140 Å². The Morgan fingerprint density at radius 3 is 2.71 bits per heavy atom. The standard InChI is InChI=1S/C20H17NO3/c1-23-19-9-8-14(10-16(19)12-21)17-5-3-4-13-6-7-15(11-18(13)17)20(22)24-2/h5-11H,3-4H2,1-2H3. The summed E-state index contributed by atoms with van der Waals surface area (Å²) in [5, 5.41) is 9.31. The number of nitrogens with zero attached hydrogens (tertiary/aromatic N) is 1. The number of aryl methyl sites for hydroxylation is 1. The van der Waals surface area contributed by atoms with Crippen molar-refractivity contribution < 1.29 is 14.3 Å². The van der Waals surface area contributed by atoms with Crippen molar-refractivity contribution in [1.29, 1.82) is 5.26 Å². The van der Waals surface area contributed by atoms with E-state index in [2.05, 4.69) is 12.1 Å². The summed E-state index contributed by atoms with van der Waals surface area (Å²) in [5.74, 6) is 0.205. The van der Waals surface area contributed by atoms with Gasteiger partial charge in [0.1, 0.15) is 11.8 Å². The molecule has 1 aliphatic rings. The molecule has 4 heteroatoms. The lowest BCUT2D eigenvalue weighted by Gasteiger charge is -2.19. The molecule has 0 amide bonds. The molecule has 0 aromatic heterocycles. The van der Waals surface area contributed by atoms with Gasteiger partial charge in [-0.2, -0.15) is 5.26 Å². The van der Waals surface area contributed by atoms with Crippen molar-refractivity contribution in [2.45, 2.75) is 12.8 Å². The predicted molar refractivity (Wildman–Crippen MR) is 90.9 cm³/mol. The summed E-state index contributed by atoms with van der Waals surface area (Å²) in [5.41, 5.74) is 5.19. The lowest BCUT2D eigenvalue weighted by Crippen LogP contribution is -2.06. The molecule has 0 saturated carbocycles. The quantitative estimate of drug-likeness (QED) is 0.809. The van der Waals surface area contributed by atoms with Gasteiger partial charge in [-0.05, 0) is 59.4 Å². The Bertz CT molecular complexity index is 875. The van der Waals surface area contributed by atoms with Crippen LogP contribution in [0.15, 0.2) is 42.5 Å². The average Bonchev–Trinajstić information content (AvgIpc) is 2.65. The van der Waals surface area contributed by atoms with E-state index in [1.54, 1.807) is 19.2 Å². The Morgan fingerprint density at radius 1 is 1.17 bits per heavy atom. The molecule has 0 aliphatic heterocycles. The maximum atomic E-state index is 11.8. The van der Waals surface area contributed by atoms with E-state index in [0.717, 1.165) is 29.5 Å². The molecule has 0 bridgehead atoms. The number of ether oxygens (including phenoxy) is 2. The first-order chi connectivity index (χ1) is 11.7. The number of carbonyl (C=O) groups is 1. The Balaban J connectivity index is 2.10. The SMILES string of the molecule is COC(=O)c1ccc2c(c1)C(c1ccc(OC)c(C#N)c1)=CCC2. The van der Waals surface area contributed by atoms with Crippen molar-refractivity contribution >= 4 is 11.5 Å². The van der Waals surface area contributed by atoms with E-state index in [0.29, 0.717) is 16.9 Å². The highest BCUT2D eigenvalue weighted by Crippen LogP contribution is 2.34. The predicted octanol–water partition coefficient (Wildman–Crippen LogP) is 3.73. The number of fused-ring (bicyclic) bond motifs is 1. The Hall–Kier alpha value is -3.06. The summed E-state index contributed by atoms with van der Waals surface area (Å²) in [6.07, 6.45) is 4.00. The van der Waals surface area contributed by atoms with Crippen molar-refractivity contribution in [1.82, 2.24) is 0 Å². The van der Waals surface area contributed by atoms with Gasteiger partial charge in [-0.15, -0.1) is 0 Å². The van der Waals surface area contributed by atoms with E-state index in [1.165, 1.54) is 12.7 Å². The van der Waals surface area contributed by atoms with E-state index in [-0.39, 0.29) is 5.97 Å². The van der Waals surface area contributed by atoms with Crippen LogP contribution in [-0.2, 0) is 11.2 Å². The number of rotatable bonds is 3. The number of hydrogen-bond acceptors (Lipinski definition) is 4. The fourth-order valence-electron chi connectivity index (χ4n) is 3.01. The van der Waals surface area contributed by atoms with Gasteiger partial charge in [0.2, 0.25) is 0 Å². The fraction of sp³-hybridized carbons (Fsp3) is 0.200. The first-order valence-corrected chi connectivity index (χ1v) is 7.68. The van der Waals surface area contributed by atoms with Crippen LogP contribution < -0.4 is 4.74 Å². The zero-order chi connectivity index (χ0) is 17.1. The summed E-state index contributed by atoms with van der Waals surface area (Å²) in [6, 6.07) is 13.4. The van der Waals surface area contributed by atoms with E-state index in [9.17, 15) is 10.1 Å². The minimum atomic E-state index is -0.352. The summed E-state index contributed by atoms with van der Waals surface area (Å²) in [7, 11) is 2.93. The number of hydrogen-bond donors (Lipinski definition) is 0. The molecule has 0 radical (unpaired) electrons. The van der Waals surface area contributed by atoms with Gasteiger partial charge in [0.15, 0.2) is 0 Å². The highest BCUT2D eigenvalue weighted by atomic mass is 16.5. The Morgan fingerprint density at radius 2 is 2.00 bits per heavy atom. The number of carbonyl (C=O) groups excluding carboxylic acids is 1. The van der Waals surface area contributed by atoms with Crippen LogP contribution in [0.5, 0.6) is 5.75 Å². The van der Waals surface area contributed by atoms with E-state index in [4.69, 9.17) is 9.47 Å². The van der Waals surface area contributed by atoms with Gasteiger partial charge in [0.25, 0.3) is 0 Å². The third kappa shape index (κ3) is 2.77. The minimum Gasteiger partial charge on any atom is -0.495 e. The molecule has 0 atom stereocenters. The second-order valence-electron chi connectivity index (χ2n) is 5.55. The molecule has 3 rings (SSSR count). The van der Waals surface area contributed by atoms with Crippen LogP contribution in [0.4, 0.5) is 0 Å². The number of methoxy groups -OCH3 is 2. The van der Waals surface area contributed by atoms with Gasteiger partial charge in [-0.1, -0.05) is 18.2 Å². The molecule has 120 valence electrons. The van der Waals surface area contributed by atoms with Gasteiger partial charge in [0.05, 0.1) is 25.3 Å². The van der Waals surface area contributed by atoms with Gasteiger partial charge in [0, 0.05) is 0 Å². The average molecular weight is 319 g/mol. The molecule has 4 nitrogen and oxygen atoms in total. The molecule has 0 fully saturated rings. The summed E-state index contributed by atoms with van der Waals surface area (Å²) < 4.78 is 10.0. The van der Waals surface area contributed by atoms with Crippen LogP contribution >= 0.6 is 0 Å². The lowest BCUT2D eigenvalue weighted by atomic mass is 9.85. The monoisotopic (exact) mass is 319 g/mol. The molecular weight excluding hydrogens is 302 g/mol. The van der Waals surface area contributed by atoms with Gasteiger partial charge >= 0.3 is 5.97 Å². The van der Waals surface area contributed by atoms with Crippen molar-refractivity contribution in [2.75, 3.05) is 14.2 Å². The first kappa shape index (κ1) is 15.8. The van der Waals surface area contributed by atoms with Gasteiger partial charge < -0.3 is 9.47 Å². The molecule has 24 heavy (non-hydrogen) atoms. The summed E-state index contributed by atoms with van der Waals surface area (Å²) in [6.45, 7) is 0. The highest BCUT2D eigenvalue weighted by Gasteiger charge is 2.18. The van der Waals surface area contributed by atoms with Crippen LogP contribution in [0.1, 0.15) is 39.0 Å². The fourth-order valence-corrected chi connectivity index (χ4v) is 3.01. The van der Waals surface area contributed by atoms with Crippen LogP contribution in [0, 0.1) is 11.3 Å². The molecule has 0 heterocycles. The van der Waals surface area contributed by atoms with E-state index in [1.807, 2.05) is 24.3 Å². The van der Waals surface area contributed by atoms with Crippen LogP contribution in [-0.4, -0.2) is 20.2 Å². The van der Waals surface area contributed by atoms with E-state index >= 15 is 0 Å². The normalized spacial score (nSPS) is 12.6. The van der Waals surface area contributed by atoms with Crippen LogP contribution in [0.25, 0.3) is 5.57 Å². The van der Waals surface area contributed by atoms with E-state index < -0.39 is 0 Å². The molecule has 0 N–H and O–H groups in total. The number of nitriles is 1. The maximum Gasteiger partial charge on any atom is 0.337 e. The molecular formula is C20H17NO3. The zero-order valence-electron chi connectivity index (χ0n) is 13.6. The second kappa shape index (κ2) is 6.59.